The van der Waals surface area contributed by atoms with Crippen molar-refractivity contribution in [2.45, 2.75) is 72.6 Å². The van der Waals surface area contributed by atoms with E-state index in [2.05, 4.69) is 31.9 Å². The molecule has 0 atom stereocenters. The molecule has 0 saturated heterocycles. The third kappa shape index (κ3) is 4.67. The quantitative estimate of drug-likeness (QED) is 0.537. The summed E-state index contributed by atoms with van der Waals surface area (Å²) in [6.07, 6.45) is 9.96. The summed E-state index contributed by atoms with van der Waals surface area (Å²) in [4.78, 5) is 7.32. The van der Waals surface area contributed by atoms with Gasteiger partial charge in [-0.3, -0.25) is 0 Å². The molecule has 0 aliphatic heterocycles. The Labute approximate surface area is 128 Å². The molecule has 0 bridgehead atoms. The summed E-state index contributed by atoms with van der Waals surface area (Å²) in [7, 11) is 1.74. The summed E-state index contributed by atoms with van der Waals surface area (Å²) in [5.41, 5.74) is 0. The molecule has 4 heteroatoms. The zero-order chi connectivity index (χ0) is 14.8. The van der Waals surface area contributed by atoms with Crippen LogP contribution >= 0.6 is 0 Å². The van der Waals surface area contributed by atoms with Crippen LogP contribution in [0.2, 0.25) is 13.3 Å². The van der Waals surface area contributed by atoms with Gasteiger partial charge >= 0.3 is 129 Å². The molecule has 116 valence electrons. The van der Waals surface area contributed by atoms with Crippen molar-refractivity contribution in [2.24, 2.45) is 0 Å². The average molecular weight is 387 g/mol. The molecule has 0 saturated carbocycles. The fourth-order valence-corrected chi connectivity index (χ4v) is 19.1. The van der Waals surface area contributed by atoms with E-state index in [4.69, 9.17) is 4.84 Å². The minimum absolute atomic E-state index is 1.30. The van der Waals surface area contributed by atoms with Crippen LogP contribution in [0.1, 0.15) is 59.3 Å². The van der Waals surface area contributed by atoms with Crippen molar-refractivity contribution in [3.63, 3.8) is 0 Å². The Morgan fingerprint density at radius 3 is 1.90 bits per heavy atom. The molecule has 0 spiro atoms. The van der Waals surface area contributed by atoms with E-state index in [0.29, 0.717) is 0 Å². The maximum atomic E-state index is 5.49. The van der Waals surface area contributed by atoms with E-state index in [1.54, 1.807) is 7.11 Å². The first-order valence-electron chi connectivity index (χ1n) is 8.33. The van der Waals surface area contributed by atoms with Crippen LogP contribution in [0, 0.1) is 0 Å². The topological polar surface area (TPSA) is 27.1 Å². The Hall–Kier alpha value is -0.191. The Morgan fingerprint density at radius 2 is 1.50 bits per heavy atom. The molecule has 1 rings (SSSR count). The number of hydrogen-bond acceptors (Lipinski definition) is 2. The van der Waals surface area contributed by atoms with Crippen LogP contribution in [0.3, 0.4) is 0 Å². The molecule has 0 amide bonds. The number of hydrogen-bond donors (Lipinski definition) is 0. The molecule has 1 heterocycles. The Bertz CT molecular complexity index is 343. The van der Waals surface area contributed by atoms with E-state index < -0.39 is 18.4 Å². The van der Waals surface area contributed by atoms with Gasteiger partial charge in [-0.25, -0.2) is 0 Å². The molecule has 20 heavy (non-hydrogen) atoms. The van der Waals surface area contributed by atoms with E-state index in [-0.39, 0.29) is 0 Å². The van der Waals surface area contributed by atoms with Crippen molar-refractivity contribution < 1.29 is 4.84 Å². The second-order valence-corrected chi connectivity index (χ2v) is 18.9. The fraction of sp³-hybridized carbons (Fsp3) is 0.812. The monoisotopic (exact) mass is 388 g/mol. The van der Waals surface area contributed by atoms with Gasteiger partial charge in [-0.2, -0.15) is 0 Å². The molecular weight excluding hydrogens is 355 g/mol. The maximum absolute atomic E-state index is 5.49. The van der Waals surface area contributed by atoms with Crippen LogP contribution in [0.4, 0.5) is 0 Å². The van der Waals surface area contributed by atoms with Gasteiger partial charge in [-0.05, 0) is 0 Å². The van der Waals surface area contributed by atoms with Gasteiger partial charge in [-0.15, -0.1) is 0 Å². The van der Waals surface area contributed by atoms with E-state index in [1.807, 2.05) is 11.0 Å². The van der Waals surface area contributed by atoms with E-state index in [9.17, 15) is 0 Å². The molecular formula is C16H32N2OSn. The van der Waals surface area contributed by atoms with Gasteiger partial charge in [0, 0.05) is 0 Å². The molecule has 0 unspecified atom stereocenters. The number of unbranched alkanes of at least 4 members (excludes halogenated alkanes) is 3. The van der Waals surface area contributed by atoms with Crippen molar-refractivity contribution in [2.75, 3.05) is 7.11 Å². The summed E-state index contributed by atoms with van der Waals surface area (Å²) in [5.74, 6) is 0. The van der Waals surface area contributed by atoms with Gasteiger partial charge in [0.05, 0.1) is 0 Å². The fourth-order valence-electron chi connectivity index (χ4n) is 3.12. The molecule has 1 aromatic heterocycles. The molecule has 3 nitrogen and oxygen atoms in total. The van der Waals surface area contributed by atoms with Crippen LogP contribution < -0.4 is 8.55 Å². The SMILES string of the molecule is CCC[CH2][Sn]([CH2]CCC)([CH2]CCC)[c]1ccnn1OC. The number of aromatic nitrogens is 2. The average Bonchev–Trinajstić information content (AvgIpc) is 2.96. The normalized spacial score (nSPS) is 11.8. The summed E-state index contributed by atoms with van der Waals surface area (Å²) in [5, 5.41) is 4.37. The number of rotatable bonds is 11. The first kappa shape index (κ1) is 17.9. The van der Waals surface area contributed by atoms with Crippen molar-refractivity contribution in [1.29, 1.82) is 0 Å². The predicted molar refractivity (Wildman–Crippen MR) is 89.3 cm³/mol. The summed E-state index contributed by atoms with van der Waals surface area (Å²) in [6.45, 7) is 6.93. The van der Waals surface area contributed by atoms with Crippen molar-refractivity contribution in [1.82, 2.24) is 9.94 Å². The van der Waals surface area contributed by atoms with Gasteiger partial charge in [0.25, 0.3) is 0 Å². The molecule has 0 fully saturated rings. The van der Waals surface area contributed by atoms with Gasteiger partial charge in [0.15, 0.2) is 0 Å². The van der Waals surface area contributed by atoms with E-state index in [1.165, 1.54) is 55.5 Å². The first-order chi connectivity index (χ1) is 9.74. The van der Waals surface area contributed by atoms with Gasteiger partial charge in [-0.1, -0.05) is 0 Å². The standard InChI is InChI=1S/C4H5N2O.3C4H9.Sn/c1-7-6-4-2-3-5-6;3*1-3-4-2;/h2-3H,1H3;3*1,3-4H2,2H3;. The second-order valence-electron chi connectivity index (χ2n) is 5.86. The van der Waals surface area contributed by atoms with Crippen molar-refractivity contribution >= 4 is 22.1 Å². The molecule has 0 aromatic carbocycles. The summed E-state index contributed by atoms with van der Waals surface area (Å²) in [6, 6.07) is 2.25. The first-order valence-corrected chi connectivity index (χ1v) is 15.8. The van der Waals surface area contributed by atoms with Crippen molar-refractivity contribution in [3.8, 4) is 0 Å². The van der Waals surface area contributed by atoms with Gasteiger partial charge < -0.3 is 0 Å². The Morgan fingerprint density at radius 1 is 1.00 bits per heavy atom. The van der Waals surface area contributed by atoms with Gasteiger partial charge in [0.1, 0.15) is 0 Å². The van der Waals surface area contributed by atoms with Crippen LogP contribution in [0.15, 0.2) is 12.3 Å². The summed E-state index contributed by atoms with van der Waals surface area (Å²) >= 11 is -2.35. The predicted octanol–water partition coefficient (Wildman–Crippen LogP) is 4.00. The van der Waals surface area contributed by atoms with Crippen LogP contribution in [0.5, 0.6) is 0 Å². The molecule has 0 aliphatic carbocycles. The third-order valence-corrected chi connectivity index (χ3v) is 19.7. The third-order valence-electron chi connectivity index (χ3n) is 4.35. The Balaban J connectivity index is 3.04. The second kappa shape index (κ2) is 9.69. The van der Waals surface area contributed by atoms with E-state index >= 15 is 0 Å². The number of nitrogens with zero attached hydrogens (tertiary/aromatic N) is 2. The van der Waals surface area contributed by atoms with Crippen LogP contribution in [0.25, 0.3) is 0 Å². The van der Waals surface area contributed by atoms with Crippen molar-refractivity contribution in [3.05, 3.63) is 12.3 Å². The molecule has 0 radical (unpaired) electrons. The van der Waals surface area contributed by atoms with Gasteiger partial charge in [0.2, 0.25) is 0 Å². The van der Waals surface area contributed by atoms with Crippen LogP contribution in [-0.2, 0) is 0 Å². The molecule has 0 N–H and O–H groups in total. The zero-order valence-electron chi connectivity index (χ0n) is 13.8. The van der Waals surface area contributed by atoms with Crippen LogP contribution in [-0.4, -0.2) is 35.4 Å². The zero-order valence-corrected chi connectivity index (χ0v) is 16.7. The molecule has 1 aromatic rings. The molecule has 0 aliphatic rings. The Kier molecular flexibility index (Phi) is 8.65. The minimum atomic E-state index is -2.35. The van der Waals surface area contributed by atoms with E-state index in [0.717, 1.165) is 0 Å². The summed E-state index contributed by atoms with van der Waals surface area (Å²) < 4.78 is 5.86.